The van der Waals surface area contributed by atoms with Crippen LogP contribution >= 0.6 is 11.8 Å². The molecule has 0 radical (unpaired) electrons. The summed E-state index contributed by atoms with van der Waals surface area (Å²) in [5.41, 5.74) is 0. The number of sulfonamides is 1. The Labute approximate surface area is 115 Å². The number of hydrogen-bond acceptors (Lipinski definition) is 4. The summed E-state index contributed by atoms with van der Waals surface area (Å²) in [4.78, 5) is 10.8. The molecule has 1 unspecified atom stereocenters. The molecule has 1 aromatic carbocycles. The second-order valence-corrected chi connectivity index (χ2v) is 6.45. The van der Waals surface area contributed by atoms with Gasteiger partial charge in [0.1, 0.15) is 11.9 Å². The summed E-state index contributed by atoms with van der Waals surface area (Å²) in [6.45, 7) is 0. The SMILES string of the molecule is CSCCC(NS(=O)(=O)c1ccc(F)cc1)C(=O)O. The summed E-state index contributed by atoms with van der Waals surface area (Å²) in [5, 5.41) is 8.96. The molecule has 1 aromatic rings. The third kappa shape index (κ3) is 4.81. The van der Waals surface area contributed by atoms with Crippen LogP contribution in [0, 0.1) is 5.82 Å². The molecule has 106 valence electrons. The smallest absolute Gasteiger partial charge is 0.321 e. The average molecular weight is 307 g/mol. The molecule has 0 aliphatic carbocycles. The summed E-state index contributed by atoms with van der Waals surface area (Å²) in [6, 6.07) is 3.00. The molecule has 0 fully saturated rings. The van der Waals surface area contributed by atoms with Crippen molar-refractivity contribution in [3.63, 3.8) is 0 Å². The van der Waals surface area contributed by atoms with Crippen LogP contribution in [0.5, 0.6) is 0 Å². The molecule has 1 rings (SSSR count). The van der Waals surface area contributed by atoms with E-state index in [2.05, 4.69) is 4.72 Å². The Morgan fingerprint density at radius 1 is 1.42 bits per heavy atom. The lowest BCUT2D eigenvalue weighted by Gasteiger charge is -2.14. The molecule has 0 bridgehead atoms. The quantitative estimate of drug-likeness (QED) is 0.793. The number of nitrogens with one attached hydrogen (secondary N) is 1. The van der Waals surface area contributed by atoms with E-state index in [0.717, 1.165) is 24.3 Å². The predicted octanol–water partition coefficient (Wildman–Crippen LogP) is 1.31. The lowest BCUT2D eigenvalue weighted by molar-refractivity contribution is -0.139. The maximum atomic E-state index is 12.7. The van der Waals surface area contributed by atoms with Crippen molar-refractivity contribution in [2.45, 2.75) is 17.4 Å². The highest BCUT2D eigenvalue weighted by atomic mass is 32.2. The van der Waals surface area contributed by atoms with Gasteiger partial charge in [0.25, 0.3) is 0 Å². The van der Waals surface area contributed by atoms with Crippen molar-refractivity contribution in [1.29, 1.82) is 0 Å². The minimum Gasteiger partial charge on any atom is -0.480 e. The van der Waals surface area contributed by atoms with Crippen molar-refractivity contribution in [2.24, 2.45) is 0 Å². The van der Waals surface area contributed by atoms with Gasteiger partial charge >= 0.3 is 5.97 Å². The van der Waals surface area contributed by atoms with Crippen molar-refractivity contribution < 1.29 is 22.7 Å². The molecule has 0 aliphatic rings. The van der Waals surface area contributed by atoms with E-state index in [0.29, 0.717) is 5.75 Å². The van der Waals surface area contributed by atoms with Gasteiger partial charge in [-0.1, -0.05) is 0 Å². The Morgan fingerprint density at radius 3 is 2.47 bits per heavy atom. The van der Waals surface area contributed by atoms with Crippen LogP contribution in [-0.2, 0) is 14.8 Å². The summed E-state index contributed by atoms with van der Waals surface area (Å²) in [5.74, 6) is -1.28. The molecule has 0 saturated heterocycles. The van der Waals surface area contributed by atoms with Gasteiger partial charge in [-0.15, -0.1) is 0 Å². The van der Waals surface area contributed by atoms with E-state index in [1.807, 2.05) is 0 Å². The first-order chi connectivity index (χ1) is 8.86. The van der Waals surface area contributed by atoms with Crippen LogP contribution < -0.4 is 4.72 Å². The fraction of sp³-hybridized carbons (Fsp3) is 0.364. The molecule has 0 aromatic heterocycles. The minimum atomic E-state index is -3.96. The zero-order valence-corrected chi connectivity index (χ0v) is 11.8. The molecule has 8 heteroatoms. The van der Waals surface area contributed by atoms with Gasteiger partial charge < -0.3 is 5.11 Å². The maximum Gasteiger partial charge on any atom is 0.321 e. The Balaban J connectivity index is 2.87. The zero-order valence-electron chi connectivity index (χ0n) is 10.2. The van der Waals surface area contributed by atoms with E-state index in [9.17, 15) is 17.6 Å². The highest BCUT2D eigenvalue weighted by Crippen LogP contribution is 2.11. The molecule has 2 N–H and O–H groups in total. The number of benzene rings is 1. The van der Waals surface area contributed by atoms with E-state index >= 15 is 0 Å². The van der Waals surface area contributed by atoms with Gasteiger partial charge in [0.15, 0.2) is 0 Å². The molecule has 19 heavy (non-hydrogen) atoms. The number of halogens is 1. The van der Waals surface area contributed by atoms with E-state index < -0.39 is 27.9 Å². The fourth-order valence-electron chi connectivity index (χ4n) is 1.34. The number of thioether (sulfide) groups is 1. The van der Waals surface area contributed by atoms with Gasteiger partial charge in [0.05, 0.1) is 4.90 Å². The van der Waals surface area contributed by atoms with E-state index in [-0.39, 0.29) is 11.3 Å². The summed E-state index contributed by atoms with van der Waals surface area (Å²) < 4.78 is 38.7. The number of rotatable bonds is 7. The van der Waals surface area contributed by atoms with Crippen LogP contribution in [0.3, 0.4) is 0 Å². The van der Waals surface area contributed by atoms with Crippen LogP contribution in [0.1, 0.15) is 6.42 Å². The Kier molecular flexibility index (Phi) is 5.77. The van der Waals surface area contributed by atoms with Crippen LogP contribution in [0.25, 0.3) is 0 Å². The van der Waals surface area contributed by atoms with E-state index in [1.54, 1.807) is 6.26 Å². The standard InChI is InChI=1S/C11H14FNO4S2/c1-18-7-6-10(11(14)15)13-19(16,17)9-4-2-8(12)3-5-9/h2-5,10,13H,6-7H2,1H3,(H,14,15). The lowest BCUT2D eigenvalue weighted by Crippen LogP contribution is -2.41. The van der Waals surface area contributed by atoms with Gasteiger partial charge in [-0.3, -0.25) is 4.79 Å². The van der Waals surface area contributed by atoms with Gasteiger partial charge in [-0.25, -0.2) is 12.8 Å². The zero-order chi connectivity index (χ0) is 14.5. The van der Waals surface area contributed by atoms with Crippen molar-refractivity contribution >= 4 is 27.8 Å². The van der Waals surface area contributed by atoms with Gasteiger partial charge in [-0.05, 0) is 42.7 Å². The third-order valence-corrected chi connectivity index (χ3v) is 4.46. The number of carbonyl (C=O) groups is 1. The number of aliphatic carboxylic acids is 1. The van der Waals surface area contributed by atoms with Crippen LogP contribution in [-0.4, -0.2) is 37.5 Å². The first kappa shape index (κ1) is 15.9. The molecule has 1 atom stereocenters. The molecule has 0 heterocycles. The molecule has 0 saturated carbocycles. The topological polar surface area (TPSA) is 83.5 Å². The fourth-order valence-corrected chi connectivity index (χ4v) is 3.03. The molecule has 0 spiro atoms. The number of carboxylic acids is 1. The first-order valence-corrected chi connectivity index (χ1v) is 8.24. The third-order valence-electron chi connectivity index (χ3n) is 2.33. The monoisotopic (exact) mass is 307 g/mol. The predicted molar refractivity (Wildman–Crippen MR) is 71.1 cm³/mol. The number of carboxylic acid groups (broad SMARTS) is 1. The van der Waals surface area contributed by atoms with Crippen molar-refractivity contribution in [1.82, 2.24) is 4.72 Å². The van der Waals surface area contributed by atoms with E-state index in [4.69, 9.17) is 5.11 Å². The first-order valence-electron chi connectivity index (χ1n) is 5.36. The van der Waals surface area contributed by atoms with Crippen molar-refractivity contribution in [2.75, 3.05) is 12.0 Å². The second kappa shape index (κ2) is 6.88. The van der Waals surface area contributed by atoms with E-state index in [1.165, 1.54) is 11.8 Å². The van der Waals surface area contributed by atoms with Crippen molar-refractivity contribution in [3.05, 3.63) is 30.1 Å². The number of hydrogen-bond donors (Lipinski definition) is 2. The Morgan fingerprint density at radius 2 is 2.00 bits per heavy atom. The Hall–Kier alpha value is -1.12. The average Bonchev–Trinajstić information content (AvgIpc) is 2.34. The van der Waals surface area contributed by atoms with Crippen molar-refractivity contribution in [3.8, 4) is 0 Å². The van der Waals surface area contributed by atoms with Crippen LogP contribution in [0.15, 0.2) is 29.2 Å². The Bertz CT molecular complexity index is 530. The molecular formula is C11H14FNO4S2. The molecular weight excluding hydrogens is 293 g/mol. The molecule has 0 aliphatic heterocycles. The minimum absolute atomic E-state index is 0.163. The maximum absolute atomic E-state index is 12.7. The van der Waals surface area contributed by atoms with Crippen LogP contribution in [0.2, 0.25) is 0 Å². The molecule has 5 nitrogen and oxygen atoms in total. The largest absolute Gasteiger partial charge is 0.480 e. The highest BCUT2D eigenvalue weighted by Gasteiger charge is 2.24. The second-order valence-electron chi connectivity index (χ2n) is 3.75. The normalized spacial score (nSPS) is 13.2. The summed E-state index contributed by atoms with van der Waals surface area (Å²) in [7, 11) is -3.96. The van der Waals surface area contributed by atoms with Crippen LogP contribution in [0.4, 0.5) is 4.39 Å². The highest BCUT2D eigenvalue weighted by molar-refractivity contribution is 7.98. The summed E-state index contributed by atoms with van der Waals surface area (Å²) >= 11 is 1.42. The van der Waals surface area contributed by atoms with Gasteiger partial charge in [-0.2, -0.15) is 16.5 Å². The van der Waals surface area contributed by atoms with Gasteiger partial charge in [0, 0.05) is 0 Å². The molecule has 0 amide bonds. The summed E-state index contributed by atoms with van der Waals surface area (Å²) in [6.07, 6.45) is 1.98. The lowest BCUT2D eigenvalue weighted by atomic mass is 10.2. The van der Waals surface area contributed by atoms with Gasteiger partial charge in [0.2, 0.25) is 10.0 Å².